The van der Waals surface area contributed by atoms with Crippen molar-refractivity contribution >= 4 is 34.8 Å². The number of fused-ring (bicyclic) bond motifs is 2. The van der Waals surface area contributed by atoms with Crippen LogP contribution in [0.3, 0.4) is 0 Å². The third kappa shape index (κ3) is 3.39. The standard InChI is InChI=1S/C20H17ClN2O4/c21-12-9-15-18(20(26)14-4-2-1-3-13(14)19(15)25)16(10-12)22-17(24)11-23-5-7-27-8-6-23/h1-4,9-10H,5-8,11H2,(H,22,24). The minimum atomic E-state index is -0.293. The molecule has 1 N–H and O–H groups in total. The number of morpholine rings is 1. The van der Waals surface area contributed by atoms with Crippen molar-refractivity contribution in [1.29, 1.82) is 0 Å². The molecule has 2 aliphatic rings. The van der Waals surface area contributed by atoms with Gasteiger partial charge in [-0.3, -0.25) is 19.3 Å². The van der Waals surface area contributed by atoms with E-state index < -0.39 is 0 Å². The van der Waals surface area contributed by atoms with Crippen LogP contribution in [0.25, 0.3) is 0 Å². The van der Waals surface area contributed by atoms with Crippen LogP contribution in [-0.4, -0.2) is 55.2 Å². The summed E-state index contributed by atoms with van der Waals surface area (Å²) in [6, 6.07) is 9.65. The van der Waals surface area contributed by atoms with Crippen LogP contribution in [0, 0.1) is 0 Å². The first-order chi connectivity index (χ1) is 13.0. The van der Waals surface area contributed by atoms with E-state index in [0.29, 0.717) is 37.4 Å². The number of nitrogens with one attached hydrogen (secondary N) is 1. The maximum atomic E-state index is 13.0. The minimum absolute atomic E-state index is 0.184. The Bertz CT molecular complexity index is 951. The quantitative estimate of drug-likeness (QED) is 0.750. The van der Waals surface area contributed by atoms with Gasteiger partial charge in [0.05, 0.1) is 31.0 Å². The highest BCUT2D eigenvalue weighted by Crippen LogP contribution is 2.34. The van der Waals surface area contributed by atoms with Gasteiger partial charge in [0, 0.05) is 34.8 Å². The molecule has 1 saturated heterocycles. The van der Waals surface area contributed by atoms with E-state index in [2.05, 4.69) is 5.32 Å². The smallest absolute Gasteiger partial charge is 0.238 e. The normalized spacial score (nSPS) is 16.6. The molecule has 7 heteroatoms. The molecule has 0 spiro atoms. The van der Waals surface area contributed by atoms with Crippen LogP contribution in [0.4, 0.5) is 5.69 Å². The van der Waals surface area contributed by atoms with Crippen LogP contribution in [-0.2, 0) is 9.53 Å². The molecule has 0 atom stereocenters. The average Bonchev–Trinajstić information content (AvgIpc) is 2.66. The van der Waals surface area contributed by atoms with Crippen LogP contribution in [0.1, 0.15) is 31.8 Å². The molecule has 1 heterocycles. The van der Waals surface area contributed by atoms with E-state index in [1.54, 1.807) is 24.3 Å². The number of carbonyl (C=O) groups is 3. The lowest BCUT2D eigenvalue weighted by molar-refractivity contribution is -0.118. The minimum Gasteiger partial charge on any atom is -0.379 e. The van der Waals surface area contributed by atoms with Gasteiger partial charge in [-0.25, -0.2) is 0 Å². The Morgan fingerprint density at radius 3 is 2.41 bits per heavy atom. The number of halogens is 1. The van der Waals surface area contributed by atoms with Crippen molar-refractivity contribution in [2.45, 2.75) is 0 Å². The highest BCUT2D eigenvalue weighted by molar-refractivity contribution is 6.35. The Morgan fingerprint density at radius 1 is 1.04 bits per heavy atom. The van der Waals surface area contributed by atoms with Gasteiger partial charge in [0.1, 0.15) is 0 Å². The summed E-state index contributed by atoms with van der Waals surface area (Å²) in [6.45, 7) is 2.70. The van der Waals surface area contributed by atoms with Gasteiger partial charge in [0.15, 0.2) is 11.6 Å². The predicted octanol–water partition coefficient (Wildman–Crippen LogP) is 2.39. The monoisotopic (exact) mass is 384 g/mol. The summed E-state index contributed by atoms with van der Waals surface area (Å²) < 4.78 is 5.28. The summed E-state index contributed by atoms with van der Waals surface area (Å²) in [6.07, 6.45) is 0. The lowest BCUT2D eigenvalue weighted by Gasteiger charge is -2.26. The van der Waals surface area contributed by atoms with Gasteiger partial charge in [-0.15, -0.1) is 0 Å². The Kier molecular flexibility index (Phi) is 4.78. The van der Waals surface area contributed by atoms with Crippen molar-refractivity contribution in [3.8, 4) is 0 Å². The summed E-state index contributed by atoms with van der Waals surface area (Å²) >= 11 is 6.16. The van der Waals surface area contributed by atoms with E-state index in [9.17, 15) is 14.4 Å². The first kappa shape index (κ1) is 17.9. The SMILES string of the molecule is O=C(CN1CCOCC1)Nc1cc(Cl)cc2c1C(=O)c1ccccc1C2=O. The predicted molar refractivity (Wildman–Crippen MR) is 101 cm³/mol. The van der Waals surface area contributed by atoms with E-state index in [0.717, 1.165) is 0 Å². The number of hydrogen-bond donors (Lipinski definition) is 1. The van der Waals surface area contributed by atoms with Crippen LogP contribution < -0.4 is 5.32 Å². The summed E-state index contributed by atoms with van der Waals surface area (Å²) in [5.41, 5.74) is 1.36. The van der Waals surface area contributed by atoms with Crippen LogP contribution in [0.2, 0.25) is 5.02 Å². The highest BCUT2D eigenvalue weighted by Gasteiger charge is 2.32. The van der Waals surface area contributed by atoms with Crippen LogP contribution in [0.15, 0.2) is 36.4 Å². The lowest BCUT2D eigenvalue weighted by atomic mass is 9.83. The zero-order valence-corrected chi connectivity index (χ0v) is 15.2. The second-order valence-electron chi connectivity index (χ2n) is 6.52. The van der Waals surface area contributed by atoms with Gasteiger partial charge in [-0.2, -0.15) is 0 Å². The molecule has 6 nitrogen and oxygen atoms in total. The van der Waals surface area contributed by atoms with E-state index >= 15 is 0 Å². The first-order valence-corrected chi connectivity index (χ1v) is 9.04. The molecular weight excluding hydrogens is 368 g/mol. The topological polar surface area (TPSA) is 75.7 Å². The Hall–Kier alpha value is -2.54. The maximum absolute atomic E-state index is 13.0. The molecule has 4 rings (SSSR count). The number of hydrogen-bond acceptors (Lipinski definition) is 5. The fourth-order valence-electron chi connectivity index (χ4n) is 3.44. The van der Waals surface area contributed by atoms with E-state index in [1.165, 1.54) is 12.1 Å². The molecular formula is C20H17ClN2O4. The Morgan fingerprint density at radius 2 is 1.70 bits per heavy atom. The molecule has 1 aliphatic heterocycles. The molecule has 0 saturated carbocycles. The summed E-state index contributed by atoms with van der Waals surface area (Å²) in [5.74, 6) is -0.828. The van der Waals surface area contributed by atoms with Gasteiger partial charge >= 0.3 is 0 Å². The lowest BCUT2D eigenvalue weighted by Crippen LogP contribution is -2.41. The average molecular weight is 385 g/mol. The van der Waals surface area contributed by atoms with E-state index in [1.807, 2.05) is 4.90 Å². The number of amides is 1. The first-order valence-electron chi connectivity index (χ1n) is 8.66. The zero-order chi connectivity index (χ0) is 19.0. The van der Waals surface area contributed by atoms with Gasteiger partial charge in [-0.1, -0.05) is 35.9 Å². The molecule has 138 valence electrons. The van der Waals surface area contributed by atoms with E-state index in [-0.39, 0.29) is 45.9 Å². The number of anilines is 1. The third-order valence-electron chi connectivity index (χ3n) is 4.74. The van der Waals surface area contributed by atoms with Gasteiger partial charge in [-0.05, 0) is 12.1 Å². The van der Waals surface area contributed by atoms with Gasteiger partial charge in [0.25, 0.3) is 0 Å². The molecule has 0 radical (unpaired) electrons. The fraction of sp³-hybridized carbons (Fsp3) is 0.250. The van der Waals surface area contributed by atoms with Crippen LogP contribution in [0.5, 0.6) is 0 Å². The molecule has 2 aromatic rings. The Balaban J connectivity index is 1.66. The van der Waals surface area contributed by atoms with Crippen molar-refractivity contribution in [3.05, 3.63) is 63.7 Å². The van der Waals surface area contributed by atoms with Gasteiger partial charge in [0.2, 0.25) is 5.91 Å². The molecule has 0 aromatic heterocycles. The number of nitrogens with zero attached hydrogens (tertiary/aromatic N) is 1. The van der Waals surface area contributed by atoms with Gasteiger partial charge < -0.3 is 10.1 Å². The van der Waals surface area contributed by atoms with Crippen molar-refractivity contribution in [2.75, 3.05) is 38.2 Å². The summed E-state index contributed by atoms with van der Waals surface area (Å²) in [7, 11) is 0. The Labute approximate surface area is 161 Å². The third-order valence-corrected chi connectivity index (χ3v) is 4.95. The number of ketones is 2. The number of ether oxygens (including phenoxy) is 1. The molecule has 1 aliphatic carbocycles. The molecule has 0 unspecified atom stereocenters. The number of rotatable bonds is 3. The number of carbonyl (C=O) groups excluding carboxylic acids is 3. The highest BCUT2D eigenvalue weighted by atomic mass is 35.5. The molecule has 0 bridgehead atoms. The summed E-state index contributed by atoms with van der Waals surface area (Å²) in [5, 5.41) is 3.05. The van der Waals surface area contributed by atoms with Crippen LogP contribution >= 0.6 is 11.6 Å². The maximum Gasteiger partial charge on any atom is 0.238 e. The second kappa shape index (κ2) is 7.23. The molecule has 1 fully saturated rings. The van der Waals surface area contributed by atoms with E-state index in [4.69, 9.17) is 16.3 Å². The largest absolute Gasteiger partial charge is 0.379 e. The zero-order valence-electron chi connectivity index (χ0n) is 14.5. The summed E-state index contributed by atoms with van der Waals surface area (Å²) in [4.78, 5) is 40.2. The number of benzene rings is 2. The molecule has 2 aromatic carbocycles. The second-order valence-corrected chi connectivity index (χ2v) is 6.95. The molecule has 27 heavy (non-hydrogen) atoms. The van der Waals surface area contributed by atoms with Crippen molar-refractivity contribution in [1.82, 2.24) is 4.90 Å². The van der Waals surface area contributed by atoms with Crippen molar-refractivity contribution in [3.63, 3.8) is 0 Å². The fourth-order valence-corrected chi connectivity index (χ4v) is 3.66. The van der Waals surface area contributed by atoms with Crippen molar-refractivity contribution < 1.29 is 19.1 Å². The van der Waals surface area contributed by atoms with Crippen molar-refractivity contribution in [2.24, 2.45) is 0 Å². The molecule has 1 amide bonds.